The summed E-state index contributed by atoms with van der Waals surface area (Å²) in [5.74, 6) is -0.177. The van der Waals surface area contributed by atoms with E-state index in [9.17, 15) is 4.79 Å². The molecule has 0 unspecified atom stereocenters. The summed E-state index contributed by atoms with van der Waals surface area (Å²) in [6.07, 6.45) is 0. The average Bonchev–Trinajstić information content (AvgIpc) is 2.17. The number of ketones is 1. The first-order valence-electron chi connectivity index (χ1n) is 4.31. The lowest BCUT2D eigenvalue weighted by atomic mass is 9.99. The molecule has 0 aliphatic carbocycles. The largest absolute Gasteiger partial charge is 0.301 e. The van der Waals surface area contributed by atoms with Crippen LogP contribution in [0.5, 0.6) is 0 Å². The van der Waals surface area contributed by atoms with E-state index < -0.39 is 0 Å². The summed E-state index contributed by atoms with van der Waals surface area (Å²) >= 11 is 0. The van der Waals surface area contributed by atoms with Gasteiger partial charge in [-0.2, -0.15) is 0 Å². The minimum Gasteiger partial charge on any atom is -0.301 e. The predicted octanol–water partition coefficient (Wildman–Crippen LogP) is 2.55. The topological polar surface area (TPSA) is 40.9 Å². The number of hydrogen-bond acceptors (Lipinski definition) is 2. The van der Waals surface area contributed by atoms with E-state index in [0.717, 1.165) is 0 Å². The highest BCUT2D eigenvalue weighted by Crippen LogP contribution is 2.05. The summed E-state index contributed by atoms with van der Waals surface area (Å²) in [4.78, 5) is 11.6. The van der Waals surface area contributed by atoms with Gasteiger partial charge in [-0.1, -0.05) is 44.2 Å². The van der Waals surface area contributed by atoms with Crippen molar-refractivity contribution in [3.8, 4) is 0 Å². The molecule has 0 saturated carbocycles. The van der Waals surface area contributed by atoms with Crippen LogP contribution in [0.3, 0.4) is 0 Å². The van der Waals surface area contributed by atoms with Gasteiger partial charge in [0.2, 0.25) is 5.78 Å². The molecule has 2 heteroatoms. The number of Topliss-reactive ketones (excluding diaryl/α,β-unsaturated/α-hetero) is 1. The molecule has 0 radical (unpaired) electrons. The number of nitrogens with one attached hydrogen (secondary N) is 1. The third-order valence-electron chi connectivity index (χ3n) is 1.86. The summed E-state index contributed by atoms with van der Waals surface area (Å²) in [6, 6.07) is 8.94. The van der Waals surface area contributed by atoms with Gasteiger partial charge in [0, 0.05) is 5.56 Å². The van der Waals surface area contributed by atoms with Gasteiger partial charge in [0.1, 0.15) is 0 Å². The Hall–Kier alpha value is -1.44. The molecular weight excluding hydrogens is 162 g/mol. The lowest BCUT2D eigenvalue weighted by Gasteiger charge is -2.05. The van der Waals surface area contributed by atoms with Crippen LogP contribution in [-0.2, 0) is 0 Å². The molecule has 0 aliphatic rings. The van der Waals surface area contributed by atoms with Gasteiger partial charge in [0.25, 0.3) is 0 Å². The van der Waals surface area contributed by atoms with Crippen molar-refractivity contribution in [2.24, 2.45) is 5.92 Å². The van der Waals surface area contributed by atoms with Crippen molar-refractivity contribution in [3.05, 3.63) is 35.9 Å². The molecule has 0 heterocycles. The second-order valence-electron chi connectivity index (χ2n) is 3.26. The van der Waals surface area contributed by atoms with Crippen LogP contribution < -0.4 is 0 Å². The molecule has 0 bridgehead atoms. The molecule has 2 nitrogen and oxygen atoms in total. The van der Waals surface area contributed by atoms with Crippen LogP contribution in [0.25, 0.3) is 0 Å². The first kappa shape index (κ1) is 9.65. The van der Waals surface area contributed by atoms with E-state index in [1.54, 1.807) is 24.3 Å². The summed E-state index contributed by atoms with van der Waals surface area (Å²) < 4.78 is 0. The van der Waals surface area contributed by atoms with Crippen LogP contribution in [0.2, 0.25) is 0 Å². The van der Waals surface area contributed by atoms with Gasteiger partial charge in [-0.15, -0.1) is 0 Å². The third kappa shape index (κ3) is 2.25. The van der Waals surface area contributed by atoms with Crippen molar-refractivity contribution in [2.75, 3.05) is 0 Å². The SMILES string of the molecule is CC(C)C(=N)C(=O)c1ccccc1. The Kier molecular flexibility index (Phi) is 2.96. The molecule has 13 heavy (non-hydrogen) atoms. The molecule has 0 aromatic heterocycles. The Morgan fingerprint density at radius 2 is 1.77 bits per heavy atom. The quantitative estimate of drug-likeness (QED) is 0.556. The highest BCUT2D eigenvalue weighted by Gasteiger charge is 2.14. The predicted molar refractivity (Wildman–Crippen MR) is 53.3 cm³/mol. The minimum atomic E-state index is -0.171. The zero-order chi connectivity index (χ0) is 9.84. The minimum absolute atomic E-state index is 0.00675. The molecule has 1 rings (SSSR count). The van der Waals surface area contributed by atoms with Crippen LogP contribution in [0.1, 0.15) is 24.2 Å². The smallest absolute Gasteiger partial charge is 0.206 e. The molecule has 1 aromatic rings. The van der Waals surface area contributed by atoms with Crippen LogP contribution in [0.15, 0.2) is 30.3 Å². The van der Waals surface area contributed by atoms with Gasteiger partial charge in [0.15, 0.2) is 0 Å². The van der Waals surface area contributed by atoms with Crippen LogP contribution in [-0.4, -0.2) is 11.5 Å². The molecular formula is C11H13NO. The molecule has 1 N–H and O–H groups in total. The molecule has 0 amide bonds. The number of benzene rings is 1. The van der Waals surface area contributed by atoms with Crippen LogP contribution in [0.4, 0.5) is 0 Å². The van der Waals surface area contributed by atoms with Crippen LogP contribution in [0, 0.1) is 11.3 Å². The highest BCUT2D eigenvalue weighted by molar-refractivity contribution is 6.45. The summed E-state index contributed by atoms with van der Waals surface area (Å²) in [7, 11) is 0. The van der Waals surface area contributed by atoms with Gasteiger partial charge in [-0.05, 0) is 5.92 Å². The van der Waals surface area contributed by atoms with Crippen molar-refractivity contribution >= 4 is 11.5 Å². The highest BCUT2D eigenvalue weighted by atomic mass is 16.1. The Labute approximate surface area is 78.1 Å². The fourth-order valence-corrected chi connectivity index (χ4v) is 1.01. The standard InChI is InChI=1S/C11H13NO/c1-8(2)10(12)11(13)9-6-4-3-5-7-9/h3-8,12H,1-2H3. The molecule has 0 spiro atoms. The van der Waals surface area contributed by atoms with Gasteiger partial charge in [-0.25, -0.2) is 0 Å². The molecule has 0 fully saturated rings. The van der Waals surface area contributed by atoms with E-state index in [1.165, 1.54) is 0 Å². The maximum absolute atomic E-state index is 11.6. The summed E-state index contributed by atoms with van der Waals surface area (Å²) in [5.41, 5.74) is 0.771. The van der Waals surface area contributed by atoms with Gasteiger partial charge in [-0.3, -0.25) is 4.79 Å². The van der Waals surface area contributed by atoms with Crippen molar-refractivity contribution in [1.82, 2.24) is 0 Å². The molecule has 0 saturated heterocycles. The molecule has 1 aromatic carbocycles. The van der Waals surface area contributed by atoms with E-state index >= 15 is 0 Å². The third-order valence-corrected chi connectivity index (χ3v) is 1.86. The van der Waals surface area contributed by atoms with Crippen molar-refractivity contribution < 1.29 is 4.79 Å². The van der Waals surface area contributed by atoms with E-state index in [-0.39, 0.29) is 17.4 Å². The Bertz CT molecular complexity index is 314. The maximum Gasteiger partial charge on any atom is 0.206 e. The van der Waals surface area contributed by atoms with E-state index in [1.807, 2.05) is 19.9 Å². The second kappa shape index (κ2) is 3.99. The van der Waals surface area contributed by atoms with E-state index in [4.69, 9.17) is 5.41 Å². The lowest BCUT2D eigenvalue weighted by Crippen LogP contribution is -2.18. The maximum atomic E-state index is 11.6. The number of hydrogen-bond donors (Lipinski definition) is 1. The van der Waals surface area contributed by atoms with Crippen molar-refractivity contribution in [2.45, 2.75) is 13.8 Å². The normalized spacial score (nSPS) is 10.1. The average molecular weight is 175 g/mol. The summed E-state index contributed by atoms with van der Waals surface area (Å²) in [5, 5.41) is 7.54. The molecule has 0 aliphatic heterocycles. The number of carbonyl (C=O) groups is 1. The number of rotatable bonds is 3. The van der Waals surface area contributed by atoms with Gasteiger partial charge < -0.3 is 5.41 Å². The van der Waals surface area contributed by atoms with Crippen molar-refractivity contribution in [1.29, 1.82) is 5.41 Å². The Balaban J connectivity index is 2.87. The lowest BCUT2D eigenvalue weighted by molar-refractivity contribution is 0.106. The first-order valence-corrected chi connectivity index (χ1v) is 4.31. The van der Waals surface area contributed by atoms with Crippen molar-refractivity contribution in [3.63, 3.8) is 0 Å². The van der Waals surface area contributed by atoms with Gasteiger partial charge in [0.05, 0.1) is 5.71 Å². The first-order chi connectivity index (χ1) is 6.13. The van der Waals surface area contributed by atoms with Gasteiger partial charge >= 0.3 is 0 Å². The second-order valence-corrected chi connectivity index (χ2v) is 3.26. The molecule has 68 valence electrons. The zero-order valence-electron chi connectivity index (χ0n) is 7.87. The number of carbonyl (C=O) groups excluding carboxylic acids is 1. The fraction of sp³-hybridized carbons (Fsp3) is 0.273. The van der Waals surface area contributed by atoms with Crippen LogP contribution >= 0.6 is 0 Å². The Morgan fingerprint density at radius 1 is 1.23 bits per heavy atom. The Morgan fingerprint density at radius 3 is 2.23 bits per heavy atom. The molecule has 0 atom stereocenters. The van der Waals surface area contributed by atoms with E-state index in [0.29, 0.717) is 5.56 Å². The monoisotopic (exact) mass is 175 g/mol. The fourth-order valence-electron chi connectivity index (χ4n) is 1.01. The zero-order valence-corrected chi connectivity index (χ0v) is 7.87. The van der Waals surface area contributed by atoms with E-state index in [2.05, 4.69) is 0 Å². The summed E-state index contributed by atoms with van der Waals surface area (Å²) in [6.45, 7) is 3.70.